The van der Waals surface area contributed by atoms with Crippen molar-refractivity contribution in [3.8, 4) is 0 Å². The van der Waals surface area contributed by atoms with Gasteiger partial charge in [0.1, 0.15) is 5.41 Å². The van der Waals surface area contributed by atoms with Crippen LogP contribution in [0.2, 0.25) is 0 Å². The van der Waals surface area contributed by atoms with Crippen LogP contribution in [0, 0.1) is 32.1 Å². The molecule has 0 N–H and O–H groups in total. The summed E-state index contributed by atoms with van der Waals surface area (Å²) in [6, 6.07) is 4.19. The van der Waals surface area contributed by atoms with E-state index < -0.39 is 5.41 Å². The molecule has 0 aromatic heterocycles. The van der Waals surface area contributed by atoms with E-state index in [1.807, 2.05) is 13.8 Å². The van der Waals surface area contributed by atoms with E-state index in [9.17, 15) is 9.59 Å². The Bertz CT molecular complexity index is 580. The van der Waals surface area contributed by atoms with Crippen LogP contribution in [-0.2, 0) is 20.7 Å². The highest BCUT2D eigenvalue weighted by molar-refractivity contribution is 6.05. The summed E-state index contributed by atoms with van der Waals surface area (Å²) in [6.07, 6.45) is 2.46. The van der Waals surface area contributed by atoms with E-state index >= 15 is 0 Å². The van der Waals surface area contributed by atoms with Gasteiger partial charge in [-0.2, -0.15) is 0 Å². The standard InChI is InChI=1S/C19H26O3/c1-12-6-7-19(11-12,18(21)22-5)17(20)10-16-14(3)8-13(2)9-15(16)4/h8-9,12H,6-7,10-11H2,1-5H3. The van der Waals surface area contributed by atoms with Gasteiger partial charge in [0.25, 0.3) is 0 Å². The zero-order valence-corrected chi connectivity index (χ0v) is 14.3. The molecule has 1 aromatic carbocycles. The first-order valence-electron chi connectivity index (χ1n) is 7.98. The first kappa shape index (κ1) is 16.7. The maximum Gasteiger partial charge on any atom is 0.319 e. The number of rotatable bonds is 4. The zero-order chi connectivity index (χ0) is 16.5. The number of Topliss-reactive ketones (excluding diaryl/α,β-unsaturated/α-hetero) is 1. The minimum atomic E-state index is -0.933. The summed E-state index contributed by atoms with van der Waals surface area (Å²) in [5, 5.41) is 0. The Balaban J connectivity index is 2.32. The molecule has 3 heteroatoms. The molecule has 0 amide bonds. The fourth-order valence-electron chi connectivity index (χ4n) is 3.86. The number of ether oxygens (including phenoxy) is 1. The summed E-state index contributed by atoms with van der Waals surface area (Å²) in [6.45, 7) is 8.22. The number of carbonyl (C=O) groups is 2. The smallest absolute Gasteiger partial charge is 0.319 e. The zero-order valence-electron chi connectivity index (χ0n) is 14.3. The minimum absolute atomic E-state index is 0.0127. The molecular weight excluding hydrogens is 276 g/mol. The molecule has 2 unspecified atom stereocenters. The van der Waals surface area contributed by atoms with Gasteiger partial charge in [0.2, 0.25) is 0 Å². The molecule has 0 radical (unpaired) electrons. The molecule has 2 atom stereocenters. The summed E-state index contributed by atoms with van der Waals surface area (Å²) in [7, 11) is 1.38. The molecule has 1 aliphatic carbocycles. The third-order valence-electron chi connectivity index (χ3n) is 5.05. The molecule has 0 saturated heterocycles. The molecule has 0 spiro atoms. The van der Waals surface area contributed by atoms with E-state index in [1.165, 1.54) is 12.7 Å². The Morgan fingerprint density at radius 2 is 1.82 bits per heavy atom. The molecule has 1 saturated carbocycles. The topological polar surface area (TPSA) is 43.4 Å². The predicted molar refractivity (Wildman–Crippen MR) is 86.8 cm³/mol. The summed E-state index contributed by atoms with van der Waals surface area (Å²) < 4.78 is 4.96. The van der Waals surface area contributed by atoms with Crippen LogP contribution in [0.1, 0.15) is 48.4 Å². The summed E-state index contributed by atoms with van der Waals surface area (Å²) in [5.74, 6) is 0.0475. The van der Waals surface area contributed by atoms with Crippen LogP contribution in [0.5, 0.6) is 0 Å². The number of carbonyl (C=O) groups excluding carboxylic acids is 2. The average Bonchev–Trinajstić information content (AvgIpc) is 2.85. The highest BCUT2D eigenvalue weighted by atomic mass is 16.5. The molecule has 1 fully saturated rings. The van der Waals surface area contributed by atoms with E-state index in [0.717, 1.165) is 23.1 Å². The Morgan fingerprint density at radius 1 is 1.23 bits per heavy atom. The van der Waals surface area contributed by atoms with Crippen LogP contribution in [0.3, 0.4) is 0 Å². The lowest BCUT2D eigenvalue weighted by Crippen LogP contribution is -2.39. The highest BCUT2D eigenvalue weighted by Gasteiger charge is 2.50. The Morgan fingerprint density at radius 3 is 2.27 bits per heavy atom. The SMILES string of the molecule is COC(=O)C1(C(=O)Cc2c(C)cc(C)cc2C)CCC(C)C1. The van der Waals surface area contributed by atoms with Gasteiger partial charge in [-0.25, -0.2) is 0 Å². The normalized spacial score (nSPS) is 24.3. The monoisotopic (exact) mass is 302 g/mol. The lowest BCUT2D eigenvalue weighted by Gasteiger charge is -2.25. The first-order chi connectivity index (χ1) is 10.3. The van der Waals surface area contributed by atoms with Crippen molar-refractivity contribution in [2.45, 2.75) is 53.4 Å². The van der Waals surface area contributed by atoms with Crippen LogP contribution in [-0.4, -0.2) is 18.9 Å². The van der Waals surface area contributed by atoms with Gasteiger partial charge in [-0.1, -0.05) is 24.6 Å². The second kappa shape index (κ2) is 6.23. The molecule has 2 rings (SSSR count). The third kappa shape index (κ3) is 2.94. The van der Waals surface area contributed by atoms with Gasteiger partial charge >= 0.3 is 5.97 Å². The molecule has 22 heavy (non-hydrogen) atoms. The van der Waals surface area contributed by atoms with Gasteiger partial charge in [0, 0.05) is 6.42 Å². The fourth-order valence-corrected chi connectivity index (χ4v) is 3.86. The quantitative estimate of drug-likeness (QED) is 0.629. The Labute approximate surface area is 133 Å². The minimum Gasteiger partial charge on any atom is -0.468 e. The van der Waals surface area contributed by atoms with Gasteiger partial charge in [-0.05, 0) is 62.6 Å². The molecule has 0 heterocycles. The molecule has 3 nitrogen and oxygen atoms in total. The predicted octanol–water partition coefficient (Wildman–Crippen LogP) is 3.70. The van der Waals surface area contributed by atoms with E-state index in [-0.39, 0.29) is 11.8 Å². The van der Waals surface area contributed by atoms with Gasteiger partial charge in [0.05, 0.1) is 7.11 Å². The largest absolute Gasteiger partial charge is 0.468 e. The van der Waals surface area contributed by atoms with Crippen LogP contribution >= 0.6 is 0 Å². The number of benzene rings is 1. The van der Waals surface area contributed by atoms with E-state index in [4.69, 9.17) is 4.74 Å². The van der Waals surface area contributed by atoms with Crippen molar-refractivity contribution in [1.82, 2.24) is 0 Å². The molecule has 1 aliphatic rings. The number of esters is 1. The Hall–Kier alpha value is -1.64. The van der Waals surface area contributed by atoms with Crippen LogP contribution in [0.15, 0.2) is 12.1 Å². The van der Waals surface area contributed by atoms with Crippen molar-refractivity contribution < 1.29 is 14.3 Å². The number of hydrogen-bond acceptors (Lipinski definition) is 3. The van der Waals surface area contributed by atoms with Gasteiger partial charge in [-0.15, -0.1) is 0 Å². The van der Waals surface area contributed by atoms with Crippen molar-refractivity contribution in [3.05, 3.63) is 34.4 Å². The fraction of sp³-hybridized carbons (Fsp3) is 0.579. The molecule has 120 valence electrons. The van der Waals surface area contributed by atoms with Gasteiger partial charge in [0.15, 0.2) is 5.78 Å². The molecular formula is C19H26O3. The number of hydrogen-bond donors (Lipinski definition) is 0. The van der Waals surface area contributed by atoms with Crippen LogP contribution in [0.4, 0.5) is 0 Å². The van der Waals surface area contributed by atoms with Crippen molar-refractivity contribution in [2.24, 2.45) is 11.3 Å². The van der Waals surface area contributed by atoms with Crippen LogP contribution in [0.25, 0.3) is 0 Å². The maximum atomic E-state index is 13.0. The van der Waals surface area contributed by atoms with Crippen molar-refractivity contribution >= 4 is 11.8 Å². The van der Waals surface area contributed by atoms with E-state index in [0.29, 0.717) is 25.2 Å². The van der Waals surface area contributed by atoms with E-state index in [2.05, 4.69) is 26.0 Å². The second-order valence-electron chi connectivity index (χ2n) is 6.90. The highest BCUT2D eigenvalue weighted by Crippen LogP contribution is 2.44. The Kier molecular flexibility index (Phi) is 4.74. The summed E-state index contributed by atoms with van der Waals surface area (Å²) >= 11 is 0. The number of aryl methyl sites for hydroxylation is 3. The molecule has 1 aromatic rings. The molecule has 0 aliphatic heterocycles. The third-order valence-corrected chi connectivity index (χ3v) is 5.05. The van der Waals surface area contributed by atoms with Gasteiger partial charge < -0.3 is 4.74 Å². The average molecular weight is 302 g/mol. The van der Waals surface area contributed by atoms with Crippen molar-refractivity contribution in [1.29, 1.82) is 0 Å². The first-order valence-corrected chi connectivity index (χ1v) is 7.98. The summed E-state index contributed by atoms with van der Waals surface area (Å²) in [4.78, 5) is 25.3. The van der Waals surface area contributed by atoms with Crippen LogP contribution < -0.4 is 0 Å². The van der Waals surface area contributed by atoms with E-state index in [1.54, 1.807) is 0 Å². The lowest BCUT2D eigenvalue weighted by atomic mass is 9.77. The number of ketones is 1. The summed E-state index contributed by atoms with van der Waals surface area (Å²) in [5.41, 5.74) is 3.56. The van der Waals surface area contributed by atoms with Gasteiger partial charge in [-0.3, -0.25) is 9.59 Å². The maximum absolute atomic E-state index is 13.0. The lowest BCUT2D eigenvalue weighted by molar-refractivity contribution is -0.157. The van der Waals surface area contributed by atoms with Crippen molar-refractivity contribution in [2.75, 3.05) is 7.11 Å². The van der Waals surface area contributed by atoms with Crippen molar-refractivity contribution in [3.63, 3.8) is 0 Å². The second-order valence-corrected chi connectivity index (χ2v) is 6.90. The molecule has 0 bridgehead atoms. The number of methoxy groups -OCH3 is 1.